The molecule has 2 aliphatic rings. The van der Waals surface area contributed by atoms with Crippen molar-refractivity contribution >= 4 is 32.8 Å². The van der Waals surface area contributed by atoms with Gasteiger partial charge < -0.3 is 4.74 Å². The first-order chi connectivity index (χ1) is 57.0. The van der Waals surface area contributed by atoms with Gasteiger partial charge in [0.1, 0.15) is 17.3 Å². The zero-order chi connectivity index (χ0) is 94.9. The minimum Gasteiger partial charge on any atom is -0.458 e. The SMILES string of the molecule is [2H]c1c([2H])c([2H])c(-c2cc3c(cc2C([2H])([2H])[2H])n(-c2cccc(Oc4ccc5c6ccccc6n(-c6cc(C(C)(C)C)ccn6)c5c4)c2)[c-][n+]3-c2c(-c3c([2H])c([2H])c4c(c3[2H])C(C([2H])([2H])[2H])(C([2H])([2H])[2H])C([2H])([2H])C([2H])([2H])C4(C([2H])([2H])[2H])C([2H])([2H])[2H])cccc2-c2c([2H])c([2H])c3c(c2[2H])C(C([2H])([2H])[2H])(C([2H])([2H])[2H])C([2H])([2H])C([2H])([2H])C3(C([2H])([2H])[2H])C([2H])([2H])[2H])c([2H])c1[2H]. The summed E-state index contributed by atoms with van der Waals surface area (Å²) in [6.45, 7) is -34.9. The maximum atomic E-state index is 10.6. The summed E-state index contributed by atoms with van der Waals surface area (Å²) in [5, 5.41) is 1.52. The molecule has 13 rings (SSSR count). The van der Waals surface area contributed by atoms with E-state index >= 15 is 0 Å². The second-order valence-corrected chi connectivity index (χ2v) is 20.6. The van der Waals surface area contributed by atoms with Gasteiger partial charge in [-0.1, -0.05) is 185 Å². The van der Waals surface area contributed by atoms with Gasteiger partial charge in [0.05, 0.1) is 48.5 Å². The van der Waals surface area contributed by atoms with Gasteiger partial charge in [0.15, 0.2) is 0 Å². The highest BCUT2D eigenvalue weighted by Crippen LogP contribution is 2.50. The molecule has 5 heteroatoms. The molecule has 0 amide bonds. The molecule has 0 fully saturated rings. The van der Waals surface area contributed by atoms with E-state index in [2.05, 4.69) is 6.33 Å². The second kappa shape index (κ2) is 18.5. The molecule has 0 unspecified atom stereocenters. The van der Waals surface area contributed by atoms with Crippen molar-refractivity contribution in [3.63, 3.8) is 0 Å². The van der Waals surface area contributed by atoms with Gasteiger partial charge >= 0.3 is 0 Å². The van der Waals surface area contributed by atoms with Crippen LogP contribution < -0.4 is 9.30 Å². The van der Waals surface area contributed by atoms with Crippen LogP contribution in [0.4, 0.5) is 0 Å². The van der Waals surface area contributed by atoms with Gasteiger partial charge in [-0.3, -0.25) is 13.7 Å². The van der Waals surface area contributed by atoms with Crippen molar-refractivity contribution in [3.8, 4) is 62.1 Å². The maximum absolute atomic E-state index is 10.6. The quantitative estimate of drug-likeness (QED) is 0.112. The third kappa shape index (κ3) is 8.67. The molecule has 400 valence electrons. The largest absolute Gasteiger partial charge is 0.458 e. The topological polar surface area (TPSA) is 35.9 Å². The Morgan fingerprint density at radius 3 is 1.85 bits per heavy atom. The Bertz CT molecular complexity index is 6120. The number of hydrogen-bond acceptors (Lipinski definition) is 2. The summed E-state index contributed by atoms with van der Waals surface area (Å²) in [7, 11) is 0. The lowest BCUT2D eigenvalue weighted by Gasteiger charge is -2.42. The van der Waals surface area contributed by atoms with Gasteiger partial charge in [-0.25, -0.2) is 4.98 Å². The Labute approximate surface area is 538 Å². The maximum Gasteiger partial charge on any atom is 0.269 e. The van der Waals surface area contributed by atoms with E-state index in [0.717, 1.165) is 56.8 Å². The molecule has 8 aromatic carbocycles. The molecule has 2 aliphatic carbocycles. The predicted molar refractivity (Wildman–Crippen MR) is 333 cm³/mol. The third-order valence-corrected chi connectivity index (χ3v) is 14.2. The van der Waals surface area contributed by atoms with E-state index in [1.54, 1.807) is 24.4 Å². The summed E-state index contributed by atoms with van der Waals surface area (Å²) in [6, 6.07) is 8.60. The second-order valence-electron chi connectivity index (χ2n) is 20.6. The first-order valence-corrected chi connectivity index (χ1v) is 24.9. The van der Waals surface area contributed by atoms with Crippen LogP contribution in [0.3, 0.4) is 0 Å². The summed E-state index contributed by atoms with van der Waals surface area (Å²) < 4.78 is 439. The molecule has 0 saturated carbocycles. The molecule has 0 atom stereocenters. The summed E-state index contributed by atoms with van der Waals surface area (Å²) in [5.74, 6) is 0.544. The average molecular weight is 1090 g/mol. The molecule has 5 nitrogen and oxygen atoms in total. The molecule has 0 radical (unpaired) electrons. The standard InChI is InChI=1S/C75H74N4O/c1-48-40-67-68(46-60(48)49-20-14-13-15-21-49)78(47-77(67)53-22-18-23-54(44-53)80-55-30-31-59-58-24-16-17-27-65(58)79(66(59)45-55)69-43-52(34-39-76-69)71(2,3)4)70-56(50-28-32-61-63(41-50)74(9,10)37-35-72(61,5)6)25-19-26-57(70)51-29-33-62-64(42-51)75(11,12)38-36-73(62,7)8/h13-34,39-46H,35-38H2,1-12H3/i1D3,5D3,6D3,7D3,8D3,9D3,10D3,11D3,12D3,13D,14D,15D,20D,21D,28D,29D,32D,33D,35D2,36D2,37D2,38D2,41D,42D. The van der Waals surface area contributed by atoms with Crippen LogP contribution in [0.2, 0.25) is 0 Å². The molecule has 0 N–H and O–H groups in total. The Kier molecular flexibility index (Phi) is 4.97. The highest BCUT2D eigenvalue weighted by atomic mass is 16.5. The van der Waals surface area contributed by atoms with E-state index in [9.17, 15) is 42.5 Å². The molecule has 0 aliphatic heterocycles. The van der Waals surface area contributed by atoms with Gasteiger partial charge in [-0.15, -0.1) is 0 Å². The monoisotopic (exact) mass is 1090 g/mol. The van der Waals surface area contributed by atoms with Gasteiger partial charge in [-0.2, -0.15) is 0 Å². The van der Waals surface area contributed by atoms with E-state index in [4.69, 9.17) is 30.3 Å². The van der Waals surface area contributed by atoms with Crippen LogP contribution in [-0.2, 0) is 27.1 Å². The van der Waals surface area contributed by atoms with E-state index in [-0.39, 0.29) is 22.6 Å². The van der Waals surface area contributed by atoms with Crippen molar-refractivity contribution in [2.45, 2.75) is 135 Å². The number of aromatic nitrogens is 4. The average Bonchev–Trinajstić information content (AvgIpc) is 0.716. The number of imidazole rings is 1. The van der Waals surface area contributed by atoms with Gasteiger partial charge in [0.2, 0.25) is 0 Å². The normalized spacial score (nSPS) is 28.5. The third-order valence-electron chi connectivity index (χ3n) is 14.2. The fourth-order valence-electron chi connectivity index (χ4n) is 10.2. The van der Waals surface area contributed by atoms with Crippen molar-refractivity contribution in [2.24, 2.45) is 0 Å². The first kappa shape index (κ1) is 21.5. The fraction of sp³-hybridized carbons (Fsp3) is 0.280. The summed E-state index contributed by atoms with van der Waals surface area (Å²) in [4.78, 5) is 4.75. The van der Waals surface area contributed by atoms with Crippen molar-refractivity contribution in [1.82, 2.24) is 14.1 Å². The summed E-state index contributed by atoms with van der Waals surface area (Å²) in [5.41, 5.74) is -36.4. The zero-order valence-electron chi connectivity index (χ0n) is 88.7. The smallest absolute Gasteiger partial charge is 0.269 e. The van der Waals surface area contributed by atoms with Crippen molar-refractivity contribution < 1.29 is 72.4 Å². The molecular formula is C75H74N4O. The number of fused-ring (bicyclic) bond motifs is 6. The fourth-order valence-corrected chi connectivity index (χ4v) is 10.2. The van der Waals surface area contributed by atoms with Crippen molar-refractivity contribution in [1.29, 1.82) is 0 Å². The summed E-state index contributed by atoms with van der Waals surface area (Å²) >= 11 is 0. The van der Waals surface area contributed by atoms with Crippen LogP contribution in [0.15, 0.2) is 182 Å². The number of ether oxygens (including phenoxy) is 1. The van der Waals surface area contributed by atoms with Gasteiger partial charge in [0, 0.05) is 71.0 Å². The van der Waals surface area contributed by atoms with Crippen LogP contribution in [-0.4, -0.2) is 14.1 Å². The lowest BCUT2D eigenvalue weighted by molar-refractivity contribution is -0.571. The minimum absolute atomic E-state index is 0.0932. The molecular weight excluding hydrogens is 973 g/mol. The van der Waals surface area contributed by atoms with Crippen molar-refractivity contribution in [2.75, 3.05) is 0 Å². The van der Waals surface area contributed by atoms with E-state index in [1.807, 2.05) is 61.7 Å². The number of hydrogen-bond donors (Lipinski definition) is 0. The number of nitrogens with zero attached hydrogens (tertiary/aromatic N) is 4. The molecule has 0 bridgehead atoms. The first-order valence-electron chi connectivity index (χ1n) is 47.9. The Morgan fingerprint density at radius 2 is 1.20 bits per heavy atom. The number of pyridine rings is 1. The zero-order valence-corrected chi connectivity index (χ0v) is 42.7. The molecule has 0 saturated heterocycles. The number of para-hydroxylation sites is 2. The van der Waals surface area contributed by atoms with Crippen LogP contribution in [0, 0.1) is 13.2 Å². The highest BCUT2D eigenvalue weighted by molar-refractivity contribution is 6.09. The molecule has 3 heterocycles. The van der Waals surface area contributed by atoms with Gasteiger partial charge in [-0.05, 0) is 187 Å². The van der Waals surface area contributed by atoms with Crippen molar-refractivity contribution in [3.05, 3.63) is 222 Å². The highest BCUT2D eigenvalue weighted by Gasteiger charge is 2.39. The predicted octanol–water partition coefficient (Wildman–Crippen LogP) is 19.3. The number of rotatable bonds is 8. The van der Waals surface area contributed by atoms with E-state index < -0.39 is 253 Å². The number of aryl methyl sites for hydroxylation is 1. The van der Waals surface area contributed by atoms with Crippen LogP contribution in [0.1, 0.15) is 198 Å². The lowest BCUT2D eigenvalue weighted by Crippen LogP contribution is -2.34. The minimum atomic E-state index is -5.00. The van der Waals surface area contributed by atoms with Crippen LogP contribution in [0.25, 0.3) is 83.4 Å². The van der Waals surface area contributed by atoms with Crippen LogP contribution in [0.5, 0.6) is 11.5 Å². The van der Waals surface area contributed by atoms with Gasteiger partial charge in [0.25, 0.3) is 6.33 Å². The molecule has 3 aromatic heterocycles. The molecule has 80 heavy (non-hydrogen) atoms. The Hall–Kier alpha value is -8.02. The lowest BCUT2D eigenvalue weighted by atomic mass is 9.62. The number of benzene rings is 8. The van der Waals surface area contributed by atoms with E-state index in [0.29, 0.717) is 15.9 Å². The summed E-state index contributed by atoms with van der Waals surface area (Å²) in [6.07, 6.45) is -15.3. The molecule has 11 aromatic rings. The molecule has 0 spiro atoms. The Morgan fingerprint density at radius 1 is 0.575 bits per heavy atom. The van der Waals surface area contributed by atoms with E-state index in [1.165, 1.54) is 24.3 Å². The van der Waals surface area contributed by atoms with Crippen LogP contribution >= 0.6 is 0 Å². The Balaban J connectivity index is 1.29.